The van der Waals surface area contributed by atoms with E-state index in [1.165, 1.54) is 15.6 Å². The molecule has 0 radical (unpaired) electrons. The van der Waals surface area contributed by atoms with Crippen LogP contribution in [0.25, 0.3) is 0 Å². The minimum atomic E-state index is -3.68. The molecule has 182 valence electrons. The summed E-state index contributed by atoms with van der Waals surface area (Å²) in [6.45, 7) is 5.04. The number of hydrogen-bond acceptors (Lipinski definition) is 5. The number of anilines is 2. The summed E-state index contributed by atoms with van der Waals surface area (Å²) in [7, 11) is -3.68. The Balaban J connectivity index is 1.67. The first-order chi connectivity index (χ1) is 15.9. The zero-order valence-electron chi connectivity index (χ0n) is 19.8. The molecule has 0 aromatic heterocycles. The second-order valence-electron chi connectivity index (χ2n) is 9.27. The van der Waals surface area contributed by atoms with Crippen molar-refractivity contribution in [3.63, 3.8) is 0 Å². The summed E-state index contributed by atoms with van der Waals surface area (Å²) in [6, 6.07) is 4.89. The maximum absolute atomic E-state index is 13.5. The molecule has 2 aliphatic heterocycles. The lowest BCUT2D eigenvalue weighted by molar-refractivity contribution is -0.125. The smallest absolute Gasteiger partial charge is 0.250 e. The number of rotatable bonds is 7. The van der Waals surface area contributed by atoms with E-state index in [9.17, 15) is 18.0 Å². The van der Waals surface area contributed by atoms with Gasteiger partial charge in [0, 0.05) is 25.7 Å². The SMILES string of the molecule is CCN(CC)S(=O)(=O)c1ccc2c(c1)N(CC(=O)NC1CCCCC1)C(=O)[C@H]1CCCCN21. The van der Waals surface area contributed by atoms with Crippen LogP contribution >= 0.6 is 0 Å². The fourth-order valence-electron chi connectivity index (χ4n) is 5.44. The molecule has 1 saturated heterocycles. The van der Waals surface area contributed by atoms with Gasteiger partial charge in [-0.1, -0.05) is 33.1 Å². The molecular formula is C24H36N4O4S. The van der Waals surface area contributed by atoms with Gasteiger partial charge in [-0.2, -0.15) is 4.31 Å². The number of fused-ring (bicyclic) bond motifs is 3. The lowest BCUT2D eigenvalue weighted by atomic mass is 9.95. The molecule has 0 bridgehead atoms. The van der Waals surface area contributed by atoms with Crippen LogP contribution in [0.5, 0.6) is 0 Å². The number of hydrogen-bond donors (Lipinski definition) is 1. The van der Waals surface area contributed by atoms with Crippen molar-refractivity contribution < 1.29 is 18.0 Å². The molecule has 3 aliphatic rings. The minimum Gasteiger partial charge on any atom is -0.358 e. The second-order valence-corrected chi connectivity index (χ2v) is 11.2. The molecule has 4 rings (SSSR count). The zero-order valence-corrected chi connectivity index (χ0v) is 20.6. The van der Waals surface area contributed by atoms with Gasteiger partial charge in [0.1, 0.15) is 12.6 Å². The van der Waals surface area contributed by atoms with Crippen LogP contribution in [0.2, 0.25) is 0 Å². The number of sulfonamides is 1. The molecular weight excluding hydrogens is 440 g/mol. The molecule has 33 heavy (non-hydrogen) atoms. The van der Waals surface area contributed by atoms with Crippen LogP contribution in [-0.2, 0) is 19.6 Å². The van der Waals surface area contributed by atoms with E-state index in [1.807, 2.05) is 19.9 Å². The second kappa shape index (κ2) is 10.0. The number of amides is 2. The Morgan fingerprint density at radius 2 is 1.73 bits per heavy atom. The molecule has 0 unspecified atom stereocenters. The third kappa shape index (κ3) is 4.75. The fourth-order valence-corrected chi connectivity index (χ4v) is 6.92. The molecule has 1 aliphatic carbocycles. The summed E-state index contributed by atoms with van der Waals surface area (Å²) in [5.74, 6) is -0.291. The Hall–Kier alpha value is -2.13. The maximum Gasteiger partial charge on any atom is 0.250 e. The molecule has 8 nitrogen and oxygen atoms in total. The van der Waals surface area contributed by atoms with Crippen LogP contribution in [0.1, 0.15) is 65.2 Å². The van der Waals surface area contributed by atoms with Gasteiger partial charge in [-0.25, -0.2) is 8.42 Å². The average Bonchev–Trinajstić information content (AvgIpc) is 2.82. The quantitative estimate of drug-likeness (QED) is 0.654. The first kappa shape index (κ1) is 24.0. The Kier molecular flexibility index (Phi) is 7.28. The lowest BCUT2D eigenvalue weighted by Crippen LogP contribution is -2.57. The van der Waals surface area contributed by atoms with E-state index in [4.69, 9.17) is 0 Å². The molecule has 1 N–H and O–H groups in total. The van der Waals surface area contributed by atoms with Crippen LogP contribution < -0.4 is 15.1 Å². The standard InChI is InChI=1S/C24H36N4O4S/c1-3-26(4-2)33(31,32)19-13-14-20-22(16-19)28(24(30)21-12-8-9-15-27(20)21)17-23(29)25-18-10-6-5-7-11-18/h13-14,16,18,21H,3-12,15,17H2,1-2H3,(H,25,29)/t21-/m1/s1. The largest absolute Gasteiger partial charge is 0.358 e. The van der Waals surface area contributed by atoms with Crippen molar-refractivity contribution in [1.82, 2.24) is 9.62 Å². The van der Waals surface area contributed by atoms with Gasteiger partial charge in [-0.05, 0) is 50.3 Å². The topological polar surface area (TPSA) is 90.0 Å². The van der Waals surface area contributed by atoms with Crippen LogP contribution in [0.3, 0.4) is 0 Å². The van der Waals surface area contributed by atoms with Crippen molar-refractivity contribution in [1.29, 1.82) is 0 Å². The number of carbonyl (C=O) groups excluding carboxylic acids is 2. The highest BCUT2D eigenvalue weighted by molar-refractivity contribution is 7.89. The first-order valence-corrected chi connectivity index (χ1v) is 13.8. The molecule has 1 aromatic rings. The summed E-state index contributed by atoms with van der Waals surface area (Å²) >= 11 is 0. The Morgan fingerprint density at radius 3 is 2.42 bits per heavy atom. The van der Waals surface area contributed by atoms with E-state index < -0.39 is 10.0 Å². The summed E-state index contributed by atoms with van der Waals surface area (Å²) in [5.41, 5.74) is 1.36. The van der Waals surface area contributed by atoms with Crippen LogP contribution in [0, 0.1) is 0 Å². The van der Waals surface area contributed by atoms with E-state index in [0.29, 0.717) is 18.8 Å². The van der Waals surface area contributed by atoms with E-state index in [-0.39, 0.29) is 35.3 Å². The van der Waals surface area contributed by atoms with Gasteiger partial charge in [-0.15, -0.1) is 0 Å². The van der Waals surface area contributed by atoms with E-state index in [0.717, 1.165) is 57.2 Å². The Morgan fingerprint density at radius 1 is 1.03 bits per heavy atom. The van der Waals surface area contributed by atoms with Crippen molar-refractivity contribution >= 4 is 33.2 Å². The van der Waals surface area contributed by atoms with Crippen LogP contribution in [0.4, 0.5) is 11.4 Å². The highest BCUT2D eigenvalue weighted by Crippen LogP contribution is 2.41. The first-order valence-electron chi connectivity index (χ1n) is 12.4. The summed E-state index contributed by atoms with van der Waals surface area (Å²) in [5, 5.41) is 3.10. The summed E-state index contributed by atoms with van der Waals surface area (Å²) in [6.07, 6.45) is 8.08. The van der Waals surface area contributed by atoms with E-state index >= 15 is 0 Å². The normalized spacial score (nSPS) is 21.7. The van der Waals surface area contributed by atoms with Gasteiger partial charge < -0.3 is 10.2 Å². The third-order valence-corrected chi connectivity index (χ3v) is 9.26. The highest BCUT2D eigenvalue weighted by Gasteiger charge is 2.41. The van der Waals surface area contributed by atoms with Gasteiger partial charge in [-0.3, -0.25) is 14.5 Å². The highest BCUT2D eigenvalue weighted by atomic mass is 32.2. The summed E-state index contributed by atoms with van der Waals surface area (Å²) in [4.78, 5) is 30.2. The summed E-state index contributed by atoms with van der Waals surface area (Å²) < 4.78 is 27.7. The molecule has 2 amide bonds. The third-order valence-electron chi connectivity index (χ3n) is 7.22. The van der Waals surface area contributed by atoms with Crippen molar-refractivity contribution in [3.05, 3.63) is 18.2 Å². The number of nitrogens with zero attached hydrogens (tertiary/aromatic N) is 3. The minimum absolute atomic E-state index is 0.0819. The Labute approximate surface area is 197 Å². The van der Waals surface area contributed by atoms with Crippen molar-refractivity contribution in [3.8, 4) is 0 Å². The molecule has 9 heteroatoms. The van der Waals surface area contributed by atoms with E-state index in [1.54, 1.807) is 12.1 Å². The average molecular weight is 477 g/mol. The van der Waals surface area contributed by atoms with Crippen molar-refractivity contribution in [2.45, 2.75) is 82.2 Å². The van der Waals surface area contributed by atoms with Gasteiger partial charge >= 0.3 is 0 Å². The number of carbonyl (C=O) groups is 2. The molecule has 1 saturated carbocycles. The zero-order chi connectivity index (χ0) is 23.6. The predicted molar refractivity (Wildman–Crippen MR) is 129 cm³/mol. The molecule has 2 heterocycles. The number of nitrogens with one attached hydrogen (secondary N) is 1. The number of piperidine rings is 1. The maximum atomic E-state index is 13.5. The van der Waals surface area contributed by atoms with Gasteiger partial charge in [0.15, 0.2) is 0 Å². The van der Waals surface area contributed by atoms with Crippen LogP contribution in [-0.4, -0.2) is 62.8 Å². The monoisotopic (exact) mass is 476 g/mol. The van der Waals surface area contributed by atoms with Crippen LogP contribution in [0.15, 0.2) is 23.1 Å². The molecule has 1 aromatic carbocycles. The lowest BCUT2D eigenvalue weighted by Gasteiger charge is -2.45. The van der Waals surface area contributed by atoms with Crippen molar-refractivity contribution in [2.75, 3.05) is 36.0 Å². The van der Waals surface area contributed by atoms with E-state index in [2.05, 4.69) is 10.2 Å². The fraction of sp³-hybridized carbons (Fsp3) is 0.667. The Bertz CT molecular complexity index is 986. The predicted octanol–water partition coefficient (Wildman–Crippen LogP) is 2.87. The van der Waals surface area contributed by atoms with Crippen molar-refractivity contribution in [2.24, 2.45) is 0 Å². The van der Waals surface area contributed by atoms with Gasteiger partial charge in [0.25, 0.3) is 0 Å². The number of benzene rings is 1. The van der Waals surface area contributed by atoms with Gasteiger partial charge in [0.2, 0.25) is 21.8 Å². The molecule has 1 atom stereocenters. The molecule has 2 fully saturated rings. The molecule has 0 spiro atoms. The van der Waals surface area contributed by atoms with Gasteiger partial charge in [0.05, 0.1) is 16.3 Å².